The molecule has 1 aliphatic rings. The average Bonchev–Trinajstić information content (AvgIpc) is 2.54. The lowest BCUT2D eigenvalue weighted by molar-refractivity contribution is -0.354. The van der Waals surface area contributed by atoms with Gasteiger partial charge in [0.25, 0.3) is 10.0 Å². The molecule has 120 valence electrons. The van der Waals surface area contributed by atoms with Gasteiger partial charge in [0.2, 0.25) is 0 Å². The summed E-state index contributed by atoms with van der Waals surface area (Å²) in [6.45, 7) is 1.39. The van der Waals surface area contributed by atoms with Gasteiger partial charge in [-0.2, -0.15) is 12.8 Å². The summed E-state index contributed by atoms with van der Waals surface area (Å²) < 4.78 is 33.0. The van der Waals surface area contributed by atoms with E-state index in [1.807, 2.05) is 0 Å². The Bertz CT molecular complexity index is 843. The van der Waals surface area contributed by atoms with Crippen LogP contribution in [0.25, 0.3) is 0 Å². The fourth-order valence-corrected chi connectivity index (χ4v) is 2.88. The summed E-state index contributed by atoms with van der Waals surface area (Å²) in [6.07, 6.45) is 5.99. The zero-order valence-corrected chi connectivity index (χ0v) is 13.3. The van der Waals surface area contributed by atoms with E-state index in [2.05, 4.69) is 9.13 Å². The molecule has 0 N–H and O–H groups in total. The van der Waals surface area contributed by atoms with Gasteiger partial charge in [-0.25, -0.2) is 0 Å². The average molecular weight is 332 g/mol. The van der Waals surface area contributed by atoms with Crippen molar-refractivity contribution in [2.45, 2.75) is 11.8 Å². The molecule has 0 aromatic heterocycles. The SMILES string of the molecule is COC([O-])=C1C=CC=CC1=NS(=O)(=O)c1ccc(C(C)=O)cc1. The van der Waals surface area contributed by atoms with Crippen molar-refractivity contribution in [1.82, 2.24) is 0 Å². The topological polar surface area (TPSA) is 95.9 Å². The van der Waals surface area contributed by atoms with Crippen molar-refractivity contribution < 1.29 is 23.1 Å². The third kappa shape index (κ3) is 3.75. The predicted octanol–water partition coefficient (Wildman–Crippen LogP) is 1.36. The summed E-state index contributed by atoms with van der Waals surface area (Å²) >= 11 is 0. The van der Waals surface area contributed by atoms with Gasteiger partial charge in [0.15, 0.2) is 5.78 Å². The molecule has 0 saturated heterocycles. The number of benzene rings is 1. The van der Waals surface area contributed by atoms with Crippen LogP contribution in [0.15, 0.2) is 69.4 Å². The lowest BCUT2D eigenvalue weighted by Crippen LogP contribution is -2.16. The number of allylic oxidation sites excluding steroid dienone is 5. The van der Waals surface area contributed by atoms with Gasteiger partial charge in [0.1, 0.15) is 0 Å². The van der Waals surface area contributed by atoms with Crippen LogP contribution in [-0.2, 0) is 14.8 Å². The van der Waals surface area contributed by atoms with Gasteiger partial charge < -0.3 is 9.84 Å². The highest BCUT2D eigenvalue weighted by Gasteiger charge is 2.16. The lowest BCUT2D eigenvalue weighted by Gasteiger charge is -2.16. The maximum atomic E-state index is 12.3. The van der Waals surface area contributed by atoms with Gasteiger partial charge in [0, 0.05) is 11.1 Å². The number of hydrogen-bond donors (Lipinski definition) is 0. The highest BCUT2D eigenvalue weighted by atomic mass is 32.2. The normalized spacial score (nSPS) is 18.1. The van der Waals surface area contributed by atoms with E-state index in [9.17, 15) is 18.3 Å². The zero-order valence-electron chi connectivity index (χ0n) is 12.5. The minimum atomic E-state index is -4.01. The number of methoxy groups -OCH3 is 1. The van der Waals surface area contributed by atoms with E-state index in [1.54, 1.807) is 12.2 Å². The Balaban J connectivity index is 2.45. The van der Waals surface area contributed by atoms with Crippen molar-refractivity contribution in [2.75, 3.05) is 7.11 Å². The molecule has 0 saturated carbocycles. The van der Waals surface area contributed by atoms with E-state index < -0.39 is 16.0 Å². The van der Waals surface area contributed by atoms with Crippen molar-refractivity contribution in [3.63, 3.8) is 0 Å². The van der Waals surface area contributed by atoms with Crippen LogP contribution in [0.3, 0.4) is 0 Å². The molecule has 0 amide bonds. The first-order chi connectivity index (χ1) is 10.8. The van der Waals surface area contributed by atoms with Crippen LogP contribution in [-0.4, -0.2) is 27.0 Å². The highest BCUT2D eigenvalue weighted by molar-refractivity contribution is 7.90. The second-order valence-corrected chi connectivity index (χ2v) is 6.26. The maximum Gasteiger partial charge on any atom is 0.282 e. The predicted molar refractivity (Wildman–Crippen MR) is 83.4 cm³/mol. The van der Waals surface area contributed by atoms with E-state index in [4.69, 9.17) is 0 Å². The summed E-state index contributed by atoms with van der Waals surface area (Å²) in [5.41, 5.74) is 0.452. The first kappa shape index (κ1) is 16.7. The number of hydrogen-bond acceptors (Lipinski definition) is 5. The van der Waals surface area contributed by atoms with Crippen LogP contribution < -0.4 is 5.11 Å². The van der Waals surface area contributed by atoms with Gasteiger partial charge in [-0.05, 0) is 32.2 Å². The molecule has 1 aromatic rings. The molecule has 0 atom stereocenters. The van der Waals surface area contributed by atoms with Gasteiger partial charge in [-0.1, -0.05) is 30.4 Å². The molecule has 0 unspecified atom stereocenters. The fraction of sp³-hybridized carbons (Fsp3) is 0.125. The molecule has 23 heavy (non-hydrogen) atoms. The number of carbonyl (C=O) groups is 1. The molecule has 0 bridgehead atoms. The van der Waals surface area contributed by atoms with Crippen LogP contribution in [0.2, 0.25) is 0 Å². The smallest absolute Gasteiger partial charge is 0.282 e. The summed E-state index contributed by atoms with van der Waals surface area (Å²) in [4.78, 5) is 11.2. The van der Waals surface area contributed by atoms with Gasteiger partial charge in [0.05, 0.1) is 16.6 Å². The summed E-state index contributed by atoms with van der Waals surface area (Å²) in [5, 5.41) is 11.7. The third-order valence-electron chi connectivity index (χ3n) is 3.09. The Morgan fingerprint density at radius 3 is 2.30 bits per heavy atom. The minimum absolute atomic E-state index is 0.00463. The number of nitrogens with zero attached hydrogens (tertiary/aromatic N) is 1. The van der Waals surface area contributed by atoms with Crippen LogP contribution >= 0.6 is 0 Å². The number of ketones is 1. The molecule has 0 heterocycles. The molecule has 0 spiro atoms. The number of ether oxygens (including phenoxy) is 1. The molecule has 1 aliphatic carbocycles. The molecule has 0 radical (unpaired) electrons. The Labute approximate surface area is 134 Å². The number of Topliss-reactive ketones (excluding diaryl/α,β-unsaturated/α-hetero) is 1. The molecule has 7 heteroatoms. The molecule has 1 aromatic carbocycles. The quantitative estimate of drug-likeness (QED) is 0.613. The molecular formula is C16H14NO5S-. The lowest BCUT2D eigenvalue weighted by atomic mass is 10.1. The summed E-state index contributed by atoms with van der Waals surface area (Å²) in [7, 11) is -2.81. The number of sulfonamides is 1. The van der Waals surface area contributed by atoms with E-state index >= 15 is 0 Å². The fourth-order valence-electron chi connectivity index (χ4n) is 1.88. The van der Waals surface area contributed by atoms with Crippen molar-refractivity contribution >= 4 is 21.5 Å². The Kier molecular flexibility index (Phi) is 4.80. The molecular weight excluding hydrogens is 318 g/mol. The van der Waals surface area contributed by atoms with Crippen LogP contribution in [0.4, 0.5) is 0 Å². The van der Waals surface area contributed by atoms with Gasteiger partial charge in [-0.3, -0.25) is 4.79 Å². The Morgan fingerprint density at radius 2 is 1.74 bits per heavy atom. The molecule has 0 aliphatic heterocycles. The summed E-state index contributed by atoms with van der Waals surface area (Å²) in [5.74, 6) is -0.839. The van der Waals surface area contributed by atoms with E-state index in [-0.39, 0.29) is 22.0 Å². The number of carbonyl (C=O) groups excluding carboxylic acids is 1. The van der Waals surface area contributed by atoms with E-state index in [1.165, 1.54) is 50.5 Å². The maximum absolute atomic E-state index is 12.3. The van der Waals surface area contributed by atoms with Gasteiger partial charge in [-0.15, -0.1) is 0 Å². The minimum Gasteiger partial charge on any atom is -0.616 e. The van der Waals surface area contributed by atoms with Crippen molar-refractivity contribution in [3.05, 3.63) is 65.7 Å². The molecule has 2 rings (SSSR count). The molecule has 0 fully saturated rings. The monoisotopic (exact) mass is 332 g/mol. The van der Waals surface area contributed by atoms with E-state index in [0.717, 1.165) is 0 Å². The van der Waals surface area contributed by atoms with Crippen LogP contribution in [0.1, 0.15) is 17.3 Å². The second-order valence-electron chi connectivity index (χ2n) is 4.66. The Hall–Kier alpha value is -2.67. The summed E-state index contributed by atoms with van der Waals surface area (Å²) in [6, 6.07) is 5.43. The highest BCUT2D eigenvalue weighted by Crippen LogP contribution is 2.18. The van der Waals surface area contributed by atoms with Crippen molar-refractivity contribution in [2.24, 2.45) is 4.40 Å². The third-order valence-corrected chi connectivity index (χ3v) is 4.39. The van der Waals surface area contributed by atoms with Crippen molar-refractivity contribution in [3.8, 4) is 0 Å². The van der Waals surface area contributed by atoms with Gasteiger partial charge >= 0.3 is 0 Å². The number of rotatable bonds is 4. The Morgan fingerprint density at radius 1 is 1.13 bits per heavy atom. The zero-order chi connectivity index (χ0) is 17.0. The standard InChI is InChI=1S/C16H15NO5S/c1-11(18)12-7-9-13(10-8-12)23(20,21)17-15-6-4-3-5-14(15)16(19)22-2/h3-10,19H,1-2H3/p-1. The van der Waals surface area contributed by atoms with E-state index in [0.29, 0.717) is 5.56 Å². The first-order valence-electron chi connectivity index (χ1n) is 6.61. The largest absolute Gasteiger partial charge is 0.616 e. The molecule has 6 nitrogen and oxygen atoms in total. The first-order valence-corrected chi connectivity index (χ1v) is 8.05. The van der Waals surface area contributed by atoms with Crippen LogP contribution in [0, 0.1) is 0 Å². The van der Waals surface area contributed by atoms with Crippen LogP contribution in [0.5, 0.6) is 0 Å². The van der Waals surface area contributed by atoms with Crippen molar-refractivity contribution in [1.29, 1.82) is 0 Å². The second kappa shape index (κ2) is 6.62.